The Bertz CT molecular complexity index is 272. The lowest BCUT2D eigenvalue weighted by Crippen LogP contribution is -1.91. The standard InChI is InChI=1S/C12H16/c1-9-5-3-4-6-10(2)12(9)11-7-8-11/h3-5,11H,6-8H2,1-2H3. The van der Waals surface area contributed by atoms with Crippen LogP contribution in [0, 0.1) is 5.92 Å². The van der Waals surface area contributed by atoms with Gasteiger partial charge in [-0.1, -0.05) is 23.8 Å². The lowest BCUT2D eigenvalue weighted by Gasteiger charge is -2.08. The van der Waals surface area contributed by atoms with E-state index in [1.54, 1.807) is 11.1 Å². The Balaban J connectivity index is 2.34. The summed E-state index contributed by atoms with van der Waals surface area (Å²) in [5.41, 5.74) is 4.73. The van der Waals surface area contributed by atoms with E-state index in [-0.39, 0.29) is 0 Å². The van der Waals surface area contributed by atoms with Gasteiger partial charge < -0.3 is 0 Å². The van der Waals surface area contributed by atoms with Crippen LogP contribution >= 0.6 is 0 Å². The molecule has 0 amide bonds. The number of allylic oxidation sites excluding steroid dienone is 6. The fraction of sp³-hybridized carbons (Fsp3) is 0.500. The zero-order chi connectivity index (χ0) is 8.55. The van der Waals surface area contributed by atoms with Crippen molar-refractivity contribution in [3.63, 3.8) is 0 Å². The normalized spacial score (nSPS) is 24.0. The van der Waals surface area contributed by atoms with E-state index >= 15 is 0 Å². The summed E-state index contributed by atoms with van der Waals surface area (Å²) in [4.78, 5) is 0. The summed E-state index contributed by atoms with van der Waals surface area (Å²) in [5, 5.41) is 0. The van der Waals surface area contributed by atoms with Gasteiger partial charge in [0.05, 0.1) is 0 Å². The van der Waals surface area contributed by atoms with Gasteiger partial charge in [-0.15, -0.1) is 0 Å². The molecule has 2 aliphatic rings. The molecule has 0 aromatic carbocycles. The zero-order valence-electron chi connectivity index (χ0n) is 7.93. The molecule has 12 heavy (non-hydrogen) atoms. The van der Waals surface area contributed by atoms with Crippen molar-refractivity contribution in [1.82, 2.24) is 0 Å². The first-order valence-electron chi connectivity index (χ1n) is 4.82. The molecule has 0 unspecified atom stereocenters. The molecule has 0 radical (unpaired) electrons. The highest BCUT2D eigenvalue weighted by Gasteiger charge is 2.28. The van der Waals surface area contributed by atoms with Crippen molar-refractivity contribution in [3.05, 3.63) is 34.9 Å². The maximum atomic E-state index is 2.28. The lowest BCUT2D eigenvalue weighted by atomic mass is 9.97. The fourth-order valence-electron chi connectivity index (χ4n) is 2.04. The van der Waals surface area contributed by atoms with Crippen LogP contribution in [-0.4, -0.2) is 0 Å². The average Bonchev–Trinajstić information content (AvgIpc) is 2.80. The molecule has 0 saturated heterocycles. The third-order valence-corrected chi connectivity index (χ3v) is 2.78. The molecular formula is C12H16. The molecule has 0 N–H and O–H groups in total. The minimum Gasteiger partial charge on any atom is -0.0805 e. The highest BCUT2D eigenvalue weighted by atomic mass is 14.3. The summed E-state index contributed by atoms with van der Waals surface area (Å²) in [7, 11) is 0. The second-order valence-corrected chi connectivity index (χ2v) is 3.95. The van der Waals surface area contributed by atoms with E-state index in [1.807, 2.05) is 0 Å². The van der Waals surface area contributed by atoms with Gasteiger partial charge in [0.15, 0.2) is 0 Å². The Morgan fingerprint density at radius 1 is 1.25 bits per heavy atom. The molecule has 0 aromatic rings. The van der Waals surface area contributed by atoms with Crippen molar-refractivity contribution < 1.29 is 0 Å². The summed E-state index contributed by atoms with van der Waals surface area (Å²) >= 11 is 0. The summed E-state index contributed by atoms with van der Waals surface area (Å²) in [6, 6.07) is 0. The molecule has 1 saturated carbocycles. The van der Waals surface area contributed by atoms with Gasteiger partial charge in [-0.25, -0.2) is 0 Å². The Labute approximate surface area is 74.7 Å². The van der Waals surface area contributed by atoms with Crippen LogP contribution in [0.1, 0.15) is 33.1 Å². The molecule has 0 heterocycles. The van der Waals surface area contributed by atoms with Crippen LogP contribution < -0.4 is 0 Å². The third kappa shape index (κ3) is 1.38. The van der Waals surface area contributed by atoms with Crippen molar-refractivity contribution in [2.24, 2.45) is 5.92 Å². The topological polar surface area (TPSA) is 0 Å². The Hall–Kier alpha value is -0.780. The second-order valence-electron chi connectivity index (χ2n) is 3.95. The first-order valence-corrected chi connectivity index (χ1v) is 4.82. The van der Waals surface area contributed by atoms with Crippen LogP contribution in [0.25, 0.3) is 0 Å². The van der Waals surface area contributed by atoms with Crippen molar-refractivity contribution in [2.45, 2.75) is 33.1 Å². The summed E-state index contributed by atoms with van der Waals surface area (Å²) in [5.74, 6) is 0.904. The van der Waals surface area contributed by atoms with Gasteiger partial charge >= 0.3 is 0 Å². The third-order valence-electron chi connectivity index (χ3n) is 2.78. The van der Waals surface area contributed by atoms with Crippen LogP contribution in [0.4, 0.5) is 0 Å². The molecule has 0 aromatic heterocycles. The van der Waals surface area contributed by atoms with Crippen molar-refractivity contribution in [1.29, 1.82) is 0 Å². The van der Waals surface area contributed by atoms with Gasteiger partial charge in [0.2, 0.25) is 0 Å². The van der Waals surface area contributed by atoms with E-state index in [1.165, 1.54) is 18.4 Å². The molecule has 0 heteroatoms. The SMILES string of the molecule is CC1=CC=CCC(C)=C1C1CC1. The maximum absolute atomic E-state index is 2.28. The second kappa shape index (κ2) is 2.93. The first kappa shape index (κ1) is 7.85. The van der Waals surface area contributed by atoms with Crippen molar-refractivity contribution in [2.75, 3.05) is 0 Å². The van der Waals surface area contributed by atoms with E-state index in [0.717, 1.165) is 12.3 Å². The summed E-state index contributed by atoms with van der Waals surface area (Å²) in [6.07, 6.45) is 10.7. The monoisotopic (exact) mass is 160 g/mol. The van der Waals surface area contributed by atoms with Gasteiger partial charge in [0, 0.05) is 0 Å². The summed E-state index contributed by atoms with van der Waals surface area (Å²) in [6.45, 7) is 4.52. The molecule has 2 aliphatic carbocycles. The van der Waals surface area contributed by atoms with Gasteiger partial charge in [0.25, 0.3) is 0 Å². The first-order chi connectivity index (χ1) is 5.79. The highest BCUT2D eigenvalue weighted by molar-refractivity contribution is 5.42. The summed E-state index contributed by atoms with van der Waals surface area (Å²) < 4.78 is 0. The quantitative estimate of drug-likeness (QED) is 0.549. The minimum atomic E-state index is 0.904. The van der Waals surface area contributed by atoms with E-state index in [0.29, 0.717) is 0 Å². The van der Waals surface area contributed by atoms with Crippen LogP contribution in [0.2, 0.25) is 0 Å². The Kier molecular flexibility index (Phi) is 1.92. The van der Waals surface area contributed by atoms with Crippen LogP contribution in [0.3, 0.4) is 0 Å². The van der Waals surface area contributed by atoms with Gasteiger partial charge in [0.1, 0.15) is 0 Å². The molecule has 0 spiro atoms. The van der Waals surface area contributed by atoms with Crippen molar-refractivity contribution in [3.8, 4) is 0 Å². The Morgan fingerprint density at radius 3 is 2.67 bits per heavy atom. The highest BCUT2D eigenvalue weighted by Crippen LogP contribution is 2.42. The molecule has 1 fully saturated rings. The van der Waals surface area contributed by atoms with Crippen LogP contribution in [0.15, 0.2) is 34.9 Å². The van der Waals surface area contributed by atoms with Crippen LogP contribution in [0.5, 0.6) is 0 Å². The van der Waals surface area contributed by atoms with Gasteiger partial charge in [-0.3, -0.25) is 0 Å². The van der Waals surface area contributed by atoms with E-state index in [4.69, 9.17) is 0 Å². The van der Waals surface area contributed by atoms with Crippen molar-refractivity contribution >= 4 is 0 Å². The minimum absolute atomic E-state index is 0.904. The smallest absolute Gasteiger partial charge is 0.0132 e. The lowest BCUT2D eigenvalue weighted by molar-refractivity contribution is 0.966. The molecule has 0 atom stereocenters. The number of hydrogen-bond donors (Lipinski definition) is 0. The molecule has 0 nitrogen and oxygen atoms in total. The molecule has 0 aliphatic heterocycles. The maximum Gasteiger partial charge on any atom is -0.0132 e. The molecule has 2 rings (SSSR count). The zero-order valence-corrected chi connectivity index (χ0v) is 7.93. The number of hydrogen-bond acceptors (Lipinski definition) is 0. The molecular weight excluding hydrogens is 144 g/mol. The van der Waals surface area contributed by atoms with Gasteiger partial charge in [-0.2, -0.15) is 0 Å². The van der Waals surface area contributed by atoms with Crippen LogP contribution in [-0.2, 0) is 0 Å². The van der Waals surface area contributed by atoms with E-state index in [9.17, 15) is 0 Å². The van der Waals surface area contributed by atoms with E-state index < -0.39 is 0 Å². The largest absolute Gasteiger partial charge is 0.0805 e. The Morgan fingerprint density at radius 2 is 2.00 bits per heavy atom. The molecule has 0 bridgehead atoms. The predicted octanol–water partition coefficient (Wildman–Crippen LogP) is 3.62. The molecule has 64 valence electrons. The van der Waals surface area contributed by atoms with Gasteiger partial charge in [-0.05, 0) is 50.2 Å². The van der Waals surface area contributed by atoms with E-state index in [2.05, 4.69) is 32.1 Å². The fourth-order valence-corrected chi connectivity index (χ4v) is 2.04. The number of rotatable bonds is 1. The average molecular weight is 160 g/mol. The predicted molar refractivity (Wildman–Crippen MR) is 52.9 cm³/mol.